The molecule has 3 aromatic rings. The van der Waals surface area contributed by atoms with Crippen molar-refractivity contribution in [1.82, 2.24) is 5.32 Å². The van der Waals surface area contributed by atoms with Crippen LogP contribution in [0.5, 0.6) is 0 Å². The Morgan fingerprint density at radius 1 is 1.03 bits per heavy atom. The molecule has 30 heavy (non-hydrogen) atoms. The fourth-order valence-electron chi connectivity index (χ4n) is 3.77. The van der Waals surface area contributed by atoms with Crippen LogP contribution in [0.2, 0.25) is 0 Å². The summed E-state index contributed by atoms with van der Waals surface area (Å²) >= 11 is 0. The van der Waals surface area contributed by atoms with Crippen LogP contribution in [0.4, 0.5) is 0 Å². The Bertz CT molecular complexity index is 1200. The Morgan fingerprint density at radius 2 is 1.67 bits per heavy atom. The van der Waals surface area contributed by atoms with Crippen molar-refractivity contribution in [3.63, 3.8) is 0 Å². The van der Waals surface area contributed by atoms with Gasteiger partial charge in [0, 0.05) is 16.3 Å². The molecule has 0 spiro atoms. The molecular formula is C23H27NO6. The molecule has 1 amide bonds. The van der Waals surface area contributed by atoms with Crippen molar-refractivity contribution in [3.8, 4) is 0 Å². The minimum atomic E-state index is -1.08. The van der Waals surface area contributed by atoms with Gasteiger partial charge in [-0.3, -0.25) is 4.79 Å². The minimum absolute atomic E-state index is 0.233. The molecule has 0 aliphatic carbocycles. The summed E-state index contributed by atoms with van der Waals surface area (Å²) in [6.45, 7) is 9.42. The number of carbonyl (C=O) groups excluding carboxylic acids is 1. The van der Waals surface area contributed by atoms with Gasteiger partial charge >= 0.3 is 11.6 Å². The Hall–Kier alpha value is -3.09. The highest BCUT2D eigenvalue weighted by atomic mass is 16.4. The fourth-order valence-corrected chi connectivity index (χ4v) is 3.77. The van der Waals surface area contributed by atoms with Gasteiger partial charge in [0.2, 0.25) is 5.91 Å². The first kappa shape index (κ1) is 21.6. The maximum Gasteiger partial charge on any atom is 0.340 e. The molecule has 1 aromatic carbocycles. The van der Waals surface area contributed by atoms with Crippen molar-refractivity contribution in [1.29, 1.82) is 0 Å². The SMILES string of the molecule is CCCC[C@@H](NC(=O)Cc1c(C)c2cc3c(C)c(C)oc3c(C)c2oc1=O)C(=O)O. The number of rotatable bonds is 7. The van der Waals surface area contributed by atoms with E-state index >= 15 is 0 Å². The molecule has 0 aliphatic heterocycles. The van der Waals surface area contributed by atoms with Crippen molar-refractivity contribution in [2.24, 2.45) is 0 Å². The van der Waals surface area contributed by atoms with Crippen LogP contribution in [0.15, 0.2) is 19.7 Å². The first-order chi connectivity index (χ1) is 14.1. The molecule has 160 valence electrons. The minimum Gasteiger partial charge on any atom is -0.480 e. The summed E-state index contributed by atoms with van der Waals surface area (Å²) in [5, 5.41) is 13.5. The van der Waals surface area contributed by atoms with E-state index < -0.39 is 23.5 Å². The largest absolute Gasteiger partial charge is 0.480 e. The molecule has 1 atom stereocenters. The maximum absolute atomic E-state index is 12.6. The van der Waals surface area contributed by atoms with Gasteiger partial charge in [0.05, 0.1) is 12.0 Å². The quantitative estimate of drug-likeness (QED) is 0.565. The second-order valence-electron chi connectivity index (χ2n) is 7.81. The fraction of sp³-hybridized carbons (Fsp3) is 0.435. The lowest BCUT2D eigenvalue weighted by atomic mass is 9.98. The zero-order valence-electron chi connectivity index (χ0n) is 18.0. The van der Waals surface area contributed by atoms with Crippen molar-refractivity contribution in [2.75, 3.05) is 0 Å². The van der Waals surface area contributed by atoms with E-state index in [1.165, 1.54) is 0 Å². The summed E-state index contributed by atoms with van der Waals surface area (Å²) in [4.78, 5) is 36.5. The Kier molecular flexibility index (Phi) is 6.01. The molecule has 0 saturated heterocycles. The number of hydrogen-bond donors (Lipinski definition) is 2. The molecule has 2 heterocycles. The van der Waals surface area contributed by atoms with Gasteiger partial charge in [-0.1, -0.05) is 19.8 Å². The molecule has 7 heteroatoms. The van der Waals surface area contributed by atoms with Crippen LogP contribution in [0.25, 0.3) is 21.9 Å². The highest BCUT2D eigenvalue weighted by Crippen LogP contribution is 2.34. The molecule has 2 N–H and O–H groups in total. The molecule has 0 bridgehead atoms. The van der Waals surface area contributed by atoms with E-state index in [2.05, 4.69) is 5.32 Å². The van der Waals surface area contributed by atoms with E-state index in [0.29, 0.717) is 29.6 Å². The van der Waals surface area contributed by atoms with Crippen LogP contribution in [0, 0.1) is 27.7 Å². The van der Waals surface area contributed by atoms with E-state index in [0.717, 1.165) is 34.1 Å². The average molecular weight is 413 g/mol. The number of carbonyl (C=O) groups is 2. The van der Waals surface area contributed by atoms with E-state index in [1.807, 2.05) is 33.8 Å². The Morgan fingerprint density at radius 3 is 2.30 bits per heavy atom. The first-order valence-electron chi connectivity index (χ1n) is 10.1. The highest BCUT2D eigenvalue weighted by Gasteiger charge is 2.23. The van der Waals surface area contributed by atoms with Gasteiger partial charge in [-0.05, 0) is 51.3 Å². The zero-order chi connectivity index (χ0) is 22.2. The number of nitrogens with one attached hydrogen (secondary N) is 1. The van der Waals surface area contributed by atoms with Crippen LogP contribution < -0.4 is 10.9 Å². The molecule has 0 fully saturated rings. The standard InChI is InChI=1S/C23H27NO6/c1-6-7-8-18(22(26)27)24-19(25)10-17-12(3)16-9-15-11(2)14(5)29-20(15)13(4)21(16)30-23(17)28/h9,18H,6-8,10H2,1-5H3,(H,24,25)(H,26,27)/t18-/m1/s1. The van der Waals surface area contributed by atoms with Gasteiger partial charge in [0.1, 0.15) is 23.0 Å². The van der Waals surface area contributed by atoms with Gasteiger partial charge in [-0.2, -0.15) is 0 Å². The smallest absolute Gasteiger partial charge is 0.340 e. The molecule has 0 aliphatic rings. The van der Waals surface area contributed by atoms with E-state index in [-0.39, 0.29) is 12.0 Å². The highest BCUT2D eigenvalue weighted by molar-refractivity contribution is 6.00. The van der Waals surface area contributed by atoms with Crippen molar-refractivity contribution < 1.29 is 23.5 Å². The summed E-state index contributed by atoms with van der Waals surface area (Å²) < 4.78 is 11.4. The van der Waals surface area contributed by atoms with Crippen LogP contribution in [0.3, 0.4) is 0 Å². The van der Waals surface area contributed by atoms with E-state index in [9.17, 15) is 19.5 Å². The number of benzene rings is 1. The normalized spacial score (nSPS) is 12.4. The Balaban J connectivity index is 2.01. The summed E-state index contributed by atoms with van der Waals surface area (Å²) in [5.41, 5.74) is 3.16. The number of aryl methyl sites for hydroxylation is 4. The number of fused-ring (bicyclic) bond motifs is 2. The second kappa shape index (κ2) is 8.34. The average Bonchev–Trinajstić information content (AvgIpc) is 2.98. The molecule has 0 radical (unpaired) electrons. The van der Waals surface area contributed by atoms with Crippen LogP contribution in [-0.2, 0) is 16.0 Å². The van der Waals surface area contributed by atoms with Gasteiger partial charge in [-0.15, -0.1) is 0 Å². The van der Waals surface area contributed by atoms with Gasteiger partial charge < -0.3 is 19.3 Å². The van der Waals surface area contributed by atoms with Crippen molar-refractivity contribution in [2.45, 2.75) is 66.3 Å². The third-order valence-corrected chi connectivity index (χ3v) is 5.76. The third kappa shape index (κ3) is 3.84. The van der Waals surface area contributed by atoms with Crippen LogP contribution in [0.1, 0.15) is 54.2 Å². The predicted octanol–water partition coefficient (Wildman–Crippen LogP) is 4.07. The van der Waals surface area contributed by atoms with Crippen molar-refractivity contribution >= 4 is 33.8 Å². The van der Waals surface area contributed by atoms with Crippen LogP contribution >= 0.6 is 0 Å². The number of hydrogen-bond acceptors (Lipinski definition) is 5. The third-order valence-electron chi connectivity index (χ3n) is 5.76. The number of unbranched alkanes of at least 4 members (excludes halogenated alkanes) is 1. The number of amides is 1. The predicted molar refractivity (Wildman–Crippen MR) is 114 cm³/mol. The van der Waals surface area contributed by atoms with E-state index in [4.69, 9.17) is 8.83 Å². The summed E-state index contributed by atoms with van der Waals surface area (Å²) in [7, 11) is 0. The molecule has 7 nitrogen and oxygen atoms in total. The van der Waals surface area contributed by atoms with E-state index in [1.54, 1.807) is 6.92 Å². The lowest BCUT2D eigenvalue weighted by molar-refractivity contribution is -0.142. The second-order valence-corrected chi connectivity index (χ2v) is 7.81. The molecular weight excluding hydrogens is 386 g/mol. The molecule has 3 rings (SSSR count). The summed E-state index contributed by atoms with van der Waals surface area (Å²) in [6, 6.07) is 0.952. The van der Waals surface area contributed by atoms with Gasteiger partial charge in [0.15, 0.2) is 0 Å². The van der Waals surface area contributed by atoms with Gasteiger partial charge in [-0.25, -0.2) is 9.59 Å². The lowest BCUT2D eigenvalue weighted by Gasteiger charge is -2.15. The monoisotopic (exact) mass is 413 g/mol. The maximum atomic E-state index is 12.6. The van der Waals surface area contributed by atoms with Crippen molar-refractivity contribution in [3.05, 3.63) is 44.5 Å². The zero-order valence-corrected chi connectivity index (χ0v) is 18.0. The molecule has 0 unspecified atom stereocenters. The topological polar surface area (TPSA) is 110 Å². The Labute approximate surface area is 174 Å². The van der Waals surface area contributed by atoms with Crippen LogP contribution in [-0.4, -0.2) is 23.0 Å². The number of carboxylic acids is 1. The number of carboxylic acid groups (broad SMARTS) is 1. The van der Waals surface area contributed by atoms with Gasteiger partial charge in [0.25, 0.3) is 0 Å². The molecule has 2 aromatic heterocycles. The summed E-state index contributed by atoms with van der Waals surface area (Å²) in [6.07, 6.45) is 1.63. The molecule has 0 saturated carbocycles. The first-order valence-corrected chi connectivity index (χ1v) is 10.1. The lowest BCUT2D eigenvalue weighted by Crippen LogP contribution is -2.42. The number of aliphatic carboxylic acids is 1. The summed E-state index contributed by atoms with van der Waals surface area (Å²) in [5.74, 6) is -0.793. The number of furan rings is 1.